The molecule has 2 amide bonds. The summed E-state index contributed by atoms with van der Waals surface area (Å²) in [5.41, 5.74) is 2.70. The Labute approximate surface area is 165 Å². The summed E-state index contributed by atoms with van der Waals surface area (Å²) < 4.78 is 0. The van der Waals surface area contributed by atoms with Gasteiger partial charge in [0.2, 0.25) is 5.91 Å². The second-order valence-electron chi connectivity index (χ2n) is 7.26. The molecule has 144 valence electrons. The summed E-state index contributed by atoms with van der Waals surface area (Å²) in [6, 6.07) is 17.4. The zero-order chi connectivity index (χ0) is 19.5. The SMILES string of the molecule is CN1CCN(C(=O)CN2C(=O)C=NC(c3ccccc3)c3ccccc32)CC1. The van der Waals surface area contributed by atoms with Crippen LogP contribution < -0.4 is 4.90 Å². The van der Waals surface area contributed by atoms with Crippen molar-refractivity contribution in [3.63, 3.8) is 0 Å². The topological polar surface area (TPSA) is 56.2 Å². The number of aliphatic imine (C=N–C) groups is 1. The molecule has 0 aromatic heterocycles. The second kappa shape index (κ2) is 7.94. The number of hydrogen-bond acceptors (Lipinski definition) is 4. The molecule has 4 rings (SSSR count). The second-order valence-corrected chi connectivity index (χ2v) is 7.26. The molecule has 2 aromatic rings. The molecule has 2 aliphatic rings. The first-order valence-electron chi connectivity index (χ1n) is 9.58. The van der Waals surface area contributed by atoms with E-state index in [4.69, 9.17) is 0 Å². The number of hydrogen-bond donors (Lipinski definition) is 0. The van der Waals surface area contributed by atoms with Crippen LogP contribution in [0.25, 0.3) is 0 Å². The highest BCUT2D eigenvalue weighted by Crippen LogP contribution is 2.35. The largest absolute Gasteiger partial charge is 0.339 e. The van der Waals surface area contributed by atoms with Crippen molar-refractivity contribution in [1.29, 1.82) is 0 Å². The molecule has 6 heteroatoms. The molecule has 1 fully saturated rings. The summed E-state index contributed by atoms with van der Waals surface area (Å²) in [6.07, 6.45) is 1.36. The third-order valence-electron chi connectivity index (χ3n) is 5.39. The van der Waals surface area contributed by atoms with Gasteiger partial charge < -0.3 is 9.80 Å². The third-order valence-corrected chi connectivity index (χ3v) is 5.39. The third kappa shape index (κ3) is 3.68. The standard InChI is InChI=1S/C22H24N4O2/c1-24-11-13-25(14-12-24)21(28)16-26-19-10-6-5-9-18(19)22(23-15-20(26)27)17-7-3-2-4-8-17/h2-10,15,22H,11-14,16H2,1H3. The van der Waals surface area contributed by atoms with Gasteiger partial charge in [0.25, 0.3) is 5.91 Å². The van der Waals surface area contributed by atoms with E-state index in [1.165, 1.54) is 6.21 Å². The molecular formula is C22H24N4O2. The van der Waals surface area contributed by atoms with Crippen molar-refractivity contribution in [2.45, 2.75) is 6.04 Å². The van der Waals surface area contributed by atoms with Gasteiger partial charge in [0.05, 0.1) is 11.9 Å². The number of para-hydroxylation sites is 1. The van der Waals surface area contributed by atoms with Crippen molar-refractivity contribution >= 4 is 23.7 Å². The minimum absolute atomic E-state index is 0.0252. The van der Waals surface area contributed by atoms with Crippen molar-refractivity contribution in [3.05, 3.63) is 65.7 Å². The maximum atomic E-state index is 12.9. The first kappa shape index (κ1) is 18.4. The maximum absolute atomic E-state index is 12.9. The normalized spacial score (nSPS) is 20.0. The van der Waals surface area contributed by atoms with Crippen LogP contribution >= 0.6 is 0 Å². The number of piperazine rings is 1. The Bertz CT molecular complexity index is 888. The Morgan fingerprint density at radius 2 is 1.68 bits per heavy atom. The van der Waals surface area contributed by atoms with Gasteiger partial charge >= 0.3 is 0 Å². The summed E-state index contributed by atoms with van der Waals surface area (Å²) in [6.45, 7) is 3.13. The smallest absolute Gasteiger partial charge is 0.269 e. The van der Waals surface area contributed by atoms with Gasteiger partial charge in [0.15, 0.2) is 0 Å². The molecule has 0 spiro atoms. The minimum Gasteiger partial charge on any atom is -0.339 e. The molecule has 1 saturated heterocycles. The molecule has 0 saturated carbocycles. The lowest BCUT2D eigenvalue weighted by Gasteiger charge is -2.34. The van der Waals surface area contributed by atoms with E-state index in [0.717, 1.165) is 29.9 Å². The first-order valence-corrected chi connectivity index (χ1v) is 9.58. The Morgan fingerprint density at radius 3 is 2.43 bits per heavy atom. The van der Waals surface area contributed by atoms with Crippen LogP contribution in [0, 0.1) is 0 Å². The van der Waals surface area contributed by atoms with Crippen LogP contribution in [-0.4, -0.2) is 67.6 Å². The molecule has 0 aliphatic carbocycles. The Morgan fingerprint density at radius 1 is 1.00 bits per heavy atom. The average Bonchev–Trinajstić information content (AvgIpc) is 2.86. The first-order chi connectivity index (χ1) is 13.6. The van der Waals surface area contributed by atoms with Gasteiger partial charge in [-0.05, 0) is 18.7 Å². The molecule has 6 nitrogen and oxygen atoms in total. The average molecular weight is 376 g/mol. The monoisotopic (exact) mass is 376 g/mol. The van der Waals surface area contributed by atoms with Gasteiger partial charge in [-0.3, -0.25) is 19.5 Å². The van der Waals surface area contributed by atoms with E-state index in [2.05, 4.69) is 16.9 Å². The van der Waals surface area contributed by atoms with Gasteiger partial charge in [0, 0.05) is 31.7 Å². The van der Waals surface area contributed by atoms with E-state index >= 15 is 0 Å². The van der Waals surface area contributed by atoms with E-state index in [0.29, 0.717) is 13.1 Å². The Balaban J connectivity index is 1.63. The fourth-order valence-electron chi connectivity index (χ4n) is 3.73. The molecule has 28 heavy (non-hydrogen) atoms. The number of carbonyl (C=O) groups excluding carboxylic acids is 2. The van der Waals surface area contributed by atoms with Gasteiger partial charge in [-0.25, -0.2) is 0 Å². The van der Waals surface area contributed by atoms with Crippen molar-refractivity contribution in [1.82, 2.24) is 9.80 Å². The molecule has 0 radical (unpaired) electrons. The quantitative estimate of drug-likeness (QED) is 0.823. The number of nitrogens with zero attached hydrogens (tertiary/aromatic N) is 4. The van der Waals surface area contributed by atoms with Crippen LogP contribution in [0.4, 0.5) is 5.69 Å². The molecule has 0 N–H and O–H groups in total. The number of fused-ring (bicyclic) bond motifs is 1. The number of rotatable bonds is 3. The lowest BCUT2D eigenvalue weighted by Crippen LogP contribution is -2.51. The number of carbonyl (C=O) groups is 2. The van der Waals surface area contributed by atoms with Crippen molar-refractivity contribution in [2.75, 3.05) is 44.7 Å². The number of benzene rings is 2. The number of anilines is 1. The van der Waals surface area contributed by atoms with Gasteiger partial charge in [-0.15, -0.1) is 0 Å². The van der Waals surface area contributed by atoms with Crippen LogP contribution in [-0.2, 0) is 9.59 Å². The molecule has 0 bridgehead atoms. The minimum atomic E-state index is -0.259. The molecule has 2 aromatic carbocycles. The van der Waals surface area contributed by atoms with Crippen LogP contribution in [0.3, 0.4) is 0 Å². The fraction of sp³-hybridized carbons (Fsp3) is 0.318. The fourth-order valence-corrected chi connectivity index (χ4v) is 3.73. The number of amides is 2. The summed E-state index contributed by atoms with van der Waals surface area (Å²) in [7, 11) is 2.05. The molecule has 2 heterocycles. The predicted molar refractivity (Wildman–Crippen MR) is 110 cm³/mol. The zero-order valence-electron chi connectivity index (χ0n) is 16.0. The predicted octanol–water partition coefficient (Wildman–Crippen LogP) is 1.97. The van der Waals surface area contributed by atoms with Gasteiger partial charge in [0.1, 0.15) is 12.6 Å². The van der Waals surface area contributed by atoms with Crippen LogP contribution in [0.1, 0.15) is 17.2 Å². The summed E-state index contributed by atoms with van der Waals surface area (Å²) in [5.74, 6) is -0.281. The molecular weight excluding hydrogens is 352 g/mol. The highest BCUT2D eigenvalue weighted by molar-refractivity contribution is 6.34. The van der Waals surface area contributed by atoms with E-state index in [1.807, 2.05) is 59.5 Å². The summed E-state index contributed by atoms with van der Waals surface area (Å²) >= 11 is 0. The van der Waals surface area contributed by atoms with Gasteiger partial charge in [-0.1, -0.05) is 48.5 Å². The molecule has 1 atom stereocenters. The van der Waals surface area contributed by atoms with Crippen LogP contribution in [0.15, 0.2) is 59.6 Å². The van der Waals surface area contributed by atoms with E-state index in [1.54, 1.807) is 4.90 Å². The highest BCUT2D eigenvalue weighted by atomic mass is 16.2. The highest BCUT2D eigenvalue weighted by Gasteiger charge is 2.29. The lowest BCUT2D eigenvalue weighted by atomic mass is 9.97. The lowest BCUT2D eigenvalue weighted by molar-refractivity contribution is -0.132. The van der Waals surface area contributed by atoms with E-state index < -0.39 is 0 Å². The summed E-state index contributed by atoms with van der Waals surface area (Å²) in [4.78, 5) is 35.8. The van der Waals surface area contributed by atoms with Crippen molar-refractivity contribution in [3.8, 4) is 0 Å². The van der Waals surface area contributed by atoms with Crippen molar-refractivity contribution < 1.29 is 9.59 Å². The van der Waals surface area contributed by atoms with E-state index in [-0.39, 0.29) is 24.4 Å². The maximum Gasteiger partial charge on any atom is 0.269 e. The van der Waals surface area contributed by atoms with Crippen LogP contribution in [0.2, 0.25) is 0 Å². The molecule has 2 aliphatic heterocycles. The van der Waals surface area contributed by atoms with Crippen LogP contribution in [0.5, 0.6) is 0 Å². The molecule has 1 unspecified atom stereocenters. The summed E-state index contributed by atoms with van der Waals surface area (Å²) in [5, 5.41) is 0. The number of likely N-dealkylation sites (N-methyl/N-ethyl adjacent to an activating group) is 1. The van der Waals surface area contributed by atoms with Crippen molar-refractivity contribution in [2.24, 2.45) is 4.99 Å². The van der Waals surface area contributed by atoms with E-state index in [9.17, 15) is 9.59 Å². The Hall–Kier alpha value is -2.99. The Kier molecular flexibility index (Phi) is 5.21. The van der Waals surface area contributed by atoms with Gasteiger partial charge in [-0.2, -0.15) is 0 Å². The zero-order valence-corrected chi connectivity index (χ0v) is 16.0.